The summed E-state index contributed by atoms with van der Waals surface area (Å²) >= 11 is 0. The molecule has 0 saturated carbocycles. The lowest BCUT2D eigenvalue weighted by Gasteiger charge is -2.16. The molecule has 0 amide bonds. The van der Waals surface area contributed by atoms with Crippen LogP contribution in [0, 0.1) is 20.8 Å². The summed E-state index contributed by atoms with van der Waals surface area (Å²) in [4.78, 5) is 26.2. The number of carbonyl (C=O) groups excluding carboxylic acids is 2. The Balaban J connectivity index is 2.42. The molecule has 2 aromatic carbocycles. The van der Waals surface area contributed by atoms with E-state index in [1.54, 1.807) is 19.1 Å². The Morgan fingerprint density at radius 3 is 2.18 bits per heavy atom. The maximum Gasteiger partial charge on any atom is 0.211 e. The number of ketones is 2. The largest absolute Gasteiger partial charge is 0.411 e. The first-order valence-corrected chi connectivity index (χ1v) is 9.88. The lowest BCUT2D eigenvalue weighted by molar-refractivity contribution is 0.103. The van der Waals surface area contributed by atoms with Crippen molar-refractivity contribution in [3.63, 3.8) is 0 Å². The molecule has 0 unspecified atom stereocenters. The van der Waals surface area contributed by atoms with Gasteiger partial charge in [0.2, 0.25) is 5.78 Å². The van der Waals surface area contributed by atoms with Gasteiger partial charge in [0, 0.05) is 16.7 Å². The van der Waals surface area contributed by atoms with Gasteiger partial charge in [0.25, 0.3) is 0 Å². The highest BCUT2D eigenvalue weighted by atomic mass is 16.4. The van der Waals surface area contributed by atoms with Crippen LogP contribution in [-0.4, -0.2) is 22.5 Å². The smallest absolute Gasteiger partial charge is 0.211 e. The summed E-state index contributed by atoms with van der Waals surface area (Å²) < 4.78 is 0. The molecule has 0 fully saturated rings. The number of unbranched alkanes of at least 4 members (excludes halogenated alkanes) is 3. The molecule has 0 radical (unpaired) electrons. The van der Waals surface area contributed by atoms with Crippen LogP contribution >= 0.6 is 0 Å². The molecular weight excluding hydrogens is 350 g/mol. The Kier molecular flexibility index (Phi) is 7.68. The summed E-state index contributed by atoms with van der Waals surface area (Å²) in [6.07, 6.45) is 4.42. The molecule has 2 aromatic rings. The number of nitrogens with zero attached hydrogens (tertiary/aromatic N) is 1. The normalized spacial score (nSPS) is 11.5. The zero-order valence-electron chi connectivity index (χ0n) is 17.2. The third-order valence-electron chi connectivity index (χ3n) is 5.11. The highest BCUT2D eigenvalue weighted by molar-refractivity contribution is 6.46. The second-order valence-electron chi connectivity index (χ2n) is 7.27. The fourth-order valence-electron chi connectivity index (χ4n) is 3.69. The number of carbonyl (C=O) groups is 2. The van der Waals surface area contributed by atoms with Crippen molar-refractivity contribution >= 4 is 17.3 Å². The van der Waals surface area contributed by atoms with Crippen molar-refractivity contribution in [3.8, 4) is 0 Å². The molecular formula is C24H29NO3. The zero-order valence-corrected chi connectivity index (χ0v) is 17.2. The molecule has 0 atom stereocenters. The topological polar surface area (TPSA) is 66.7 Å². The molecule has 0 aliphatic heterocycles. The van der Waals surface area contributed by atoms with Gasteiger partial charge < -0.3 is 5.21 Å². The minimum absolute atomic E-state index is 0.102. The van der Waals surface area contributed by atoms with Gasteiger partial charge >= 0.3 is 0 Å². The SMILES string of the molecule is CCCCCC/C(=N\O)C(=O)c1c(C)cc(C)c(C(=O)c2ccccc2)c1C. The third kappa shape index (κ3) is 4.75. The van der Waals surface area contributed by atoms with Crippen molar-refractivity contribution in [1.82, 2.24) is 0 Å². The highest BCUT2D eigenvalue weighted by Gasteiger charge is 2.24. The van der Waals surface area contributed by atoms with Crippen LogP contribution in [0.5, 0.6) is 0 Å². The Bertz CT molecular complexity index is 882. The number of Topliss-reactive ketones (excluding diaryl/α,β-unsaturated/α-hetero) is 1. The molecule has 0 aliphatic carbocycles. The van der Waals surface area contributed by atoms with E-state index in [1.165, 1.54) is 0 Å². The van der Waals surface area contributed by atoms with Gasteiger partial charge in [-0.25, -0.2) is 0 Å². The standard InChI is InChI=1S/C24H29NO3/c1-5-6-7-11-14-20(25-28)24(27)22-17(3)15-16(2)21(18(22)4)23(26)19-12-9-8-10-13-19/h8-10,12-13,15,28H,5-7,11,14H2,1-4H3/b25-20+. The Morgan fingerprint density at radius 2 is 1.57 bits per heavy atom. The van der Waals surface area contributed by atoms with Crippen LogP contribution in [0.3, 0.4) is 0 Å². The summed E-state index contributed by atoms with van der Waals surface area (Å²) in [5.41, 5.74) is 4.03. The average molecular weight is 380 g/mol. The zero-order chi connectivity index (χ0) is 20.7. The van der Waals surface area contributed by atoms with Crippen molar-refractivity contribution in [2.75, 3.05) is 0 Å². The number of benzene rings is 2. The van der Waals surface area contributed by atoms with Gasteiger partial charge in [-0.15, -0.1) is 0 Å². The number of rotatable bonds is 9. The van der Waals surface area contributed by atoms with E-state index in [1.807, 2.05) is 38.1 Å². The summed E-state index contributed by atoms with van der Waals surface area (Å²) in [7, 11) is 0. The molecule has 148 valence electrons. The van der Waals surface area contributed by atoms with E-state index in [0.29, 0.717) is 28.7 Å². The minimum atomic E-state index is -0.295. The molecule has 2 rings (SSSR count). The van der Waals surface area contributed by atoms with Crippen LogP contribution < -0.4 is 0 Å². The second kappa shape index (κ2) is 9.98. The maximum absolute atomic E-state index is 13.1. The quantitative estimate of drug-likeness (QED) is 0.196. The monoisotopic (exact) mass is 379 g/mol. The van der Waals surface area contributed by atoms with Crippen molar-refractivity contribution in [2.45, 2.75) is 59.8 Å². The van der Waals surface area contributed by atoms with E-state index >= 15 is 0 Å². The van der Waals surface area contributed by atoms with E-state index in [0.717, 1.165) is 36.8 Å². The third-order valence-corrected chi connectivity index (χ3v) is 5.11. The van der Waals surface area contributed by atoms with Crippen molar-refractivity contribution < 1.29 is 14.8 Å². The number of oxime groups is 1. The summed E-state index contributed by atoms with van der Waals surface area (Å²) in [6, 6.07) is 10.9. The van der Waals surface area contributed by atoms with E-state index in [9.17, 15) is 14.8 Å². The molecule has 1 N–H and O–H groups in total. The first kappa shape index (κ1) is 21.5. The molecule has 0 heterocycles. The van der Waals surface area contributed by atoms with E-state index < -0.39 is 0 Å². The van der Waals surface area contributed by atoms with Crippen LogP contribution in [0.4, 0.5) is 0 Å². The molecule has 4 nitrogen and oxygen atoms in total. The van der Waals surface area contributed by atoms with Crippen LogP contribution in [-0.2, 0) is 0 Å². The van der Waals surface area contributed by atoms with Crippen LogP contribution in [0.15, 0.2) is 41.6 Å². The van der Waals surface area contributed by atoms with Gasteiger partial charge in [0.15, 0.2) is 5.78 Å². The summed E-state index contributed by atoms with van der Waals surface area (Å²) in [5.74, 6) is -0.397. The predicted octanol–water partition coefficient (Wildman–Crippen LogP) is 5.83. The highest BCUT2D eigenvalue weighted by Crippen LogP contribution is 2.26. The van der Waals surface area contributed by atoms with Gasteiger partial charge in [0.05, 0.1) is 0 Å². The first-order valence-electron chi connectivity index (χ1n) is 9.88. The average Bonchev–Trinajstić information content (AvgIpc) is 2.68. The van der Waals surface area contributed by atoms with Crippen LogP contribution in [0.25, 0.3) is 0 Å². The van der Waals surface area contributed by atoms with E-state index in [4.69, 9.17) is 0 Å². The fraction of sp³-hybridized carbons (Fsp3) is 0.375. The second-order valence-corrected chi connectivity index (χ2v) is 7.27. The number of hydrogen-bond donors (Lipinski definition) is 1. The lowest BCUT2D eigenvalue weighted by atomic mass is 9.86. The maximum atomic E-state index is 13.1. The molecule has 0 spiro atoms. The summed E-state index contributed by atoms with van der Waals surface area (Å²) in [5, 5.41) is 12.7. The van der Waals surface area contributed by atoms with Gasteiger partial charge in [-0.2, -0.15) is 0 Å². The molecule has 0 aliphatic rings. The van der Waals surface area contributed by atoms with Gasteiger partial charge in [-0.1, -0.05) is 67.7 Å². The summed E-state index contributed by atoms with van der Waals surface area (Å²) in [6.45, 7) is 7.66. The molecule has 0 saturated heterocycles. The van der Waals surface area contributed by atoms with E-state index in [-0.39, 0.29) is 17.3 Å². The molecule has 4 heteroatoms. The number of hydrogen-bond acceptors (Lipinski definition) is 4. The Morgan fingerprint density at radius 1 is 0.929 bits per heavy atom. The molecule has 0 aromatic heterocycles. The predicted molar refractivity (Wildman–Crippen MR) is 113 cm³/mol. The minimum Gasteiger partial charge on any atom is -0.411 e. The number of aryl methyl sites for hydroxylation is 2. The van der Waals surface area contributed by atoms with Gasteiger partial charge in [0.1, 0.15) is 5.71 Å². The lowest BCUT2D eigenvalue weighted by Crippen LogP contribution is -2.20. The van der Waals surface area contributed by atoms with Gasteiger partial charge in [-0.3, -0.25) is 9.59 Å². The van der Waals surface area contributed by atoms with E-state index in [2.05, 4.69) is 12.1 Å². The van der Waals surface area contributed by atoms with Crippen LogP contribution in [0.1, 0.15) is 82.0 Å². The molecule has 28 heavy (non-hydrogen) atoms. The Hall–Kier alpha value is -2.75. The first-order chi connectivity index (χ1) is 13.4. The van der Waals surface area contributed by atoms with Crippen molar-refractivity contribution in [1.29, 1.82) is 0 Å². The fourth-order valence-corrected chi connectivity index (χ4v) is 3.69. The van der Waals surface area contributed by atoms with Crippen molar-refractivity contribution in [2.24, 2.45) is 5.16 Å². The van der Waals surface area contributed by atoms with Crippen LogP contribution in [0.2, 0.25) is 0 Å². The Labute approximate surface area is 167 Å². The molecule has 0 bridgehead atoms. The van der Waals surface area contributed by atoms with Gasteiger partial charge in [-0.05, 0) is 50.3 Å². The van der Waals surface area contributed by atoms with Crippen molar-refractivity contribution in [3.05, 3.63) is 69.8 Å².